The summed E-state index contributed by atoms with van der Waals surface area (Å²) in [7, 11) is 1.56. The van der Waals surface area contributed by atoms with Crippen molar-refractivity contribution < 1.29 is 19.4 Å². The molecule has 0 saturated heterocycles. The van der Waals surface area contributed by atoms with Crippen LogP contribution in [0.25, 0.3) is 0 Å². The Kier molecular flexibility index (Phi) is 7.02. The first kappa shape index (κ1) is 17.3. The van der Waals surface area contributed by atoms with Gasteiger partial charge in [-0.05, 0) is 32.4 Å². The van der Waals surface area contributed by atoms with E-state index in [0.29, 0.717) is 17.1 Å². The molecule has 1 unspecified atom stereocenters. The van der Waals surface area contributed by atoms with Crippen LogP contribution >= 0.6 is 0 Å². The molecule has 1 amide bonds. The van der Waals surface area contributed by atoms with Crippen LogP contribution in [0.1, 0.15) is 45.3 Å². The number of nitrogens with one attached hydrogen (secondary N) is 1. The van der Waals surface area contributed by atoms with E-state index in [4.69, 9.17) is 9.47 Å². The molecule has 0 radical (unpaired) electrons. The zero-order chi connectivity index (χ0) is 15.8. The normalized spacial score (nSPS) is 13.4. The molecule has 0 saturated carbocycles. The van der Waals surface area contributed by atoms with E-state index in [9.17, 15) is 9.90 Å². The van der Waals surface area contributed by atoms with Crippen molar-refractivity contribution >= 4 is 5.91 Å². The van der Waals surface area contributed by atoms with Crippen molar-refractivity contribution in [2.24, 2.45) is 0 Å². The highest BCUT2D eigenvalue weighted by Crippen LogP contribution is 2.29. The Morgan fingerprint density at radius 3 is 2.67 bits per heavy atom. The van der Waals surface area contributed by atoms with Crippen LogP contribution in [-0.2, 0) is 4.79 Å². The van der Waals surface area contributed by atoms with Crippen LogP contribution < -0.4 is 14.8 Å². The van der Waals surface area contributed by atoms with E-state index in [0.717, 1.165) is 12.8 Å². The fourth-order valence-electron chi connectivity index (χ4n) is 2.08. The van der Waals surface area contributed by atoms with Crippen molar-refractivity contribution in [3.8, 4) is 11.5 Å². The van der Waals surface area contributed by atoms with Crippen LogP contribution in [0.2, 0.25) is 0 Å². The largest absolute Gasteiger partial charge is 0.497 e. The number of hydrogen-bond donors (Lipinski definition) is 2. The number of benzene rings is 1. The number of aliphatic hydroxyl groups excluding tert-OH is 1. The standard InChI is InChI=1S/C16H25NO4/c1-5-6-11(2)17-16(19)10-21-15-9-13(20-4)7-8-14(15)12(3)18/h7-9,11-12,18H,5-6,10H2,1-4H3,(H,17,19)/t11?,12-/m1/s1. The Morgan fingerprint density at radius 1 is 1.38 bits per heavy atom. The molecule has 1 aromatic carbocycles. The fraction of sp³-hybridized carbons (Fsp3) is 0.562. The first-order valence-electron chi connectivity index (χ1n) is 7.26. The predicted molar refractivity (Wildman–Crippen MR) is 81.6 cm³/mol. The third-order valence-electron chi connectivity index (χ3n) is 3.16. The van der Waals surface area contributed by atoms with Crippen molar-refractivity contribution in [3.63, 3.8) is 0 Å². The van der Waals surface area contributed by atoms with Crippen LogP contribution in [0.4, 0.5) is 0 Å². The average molecular weight is 295 g/mol. The first-order chi connectivity index (χ1) is 9.97. The summed E-state index contributed by atoms with van der Waals surface area (Å²) in [5.41, 5.74) is 0.630. The molecular weight excluding hydrogens is 270 g/mol. The predicted octanol–water partition coefficient (Wildman–Crippen LogP) is 2.43. The SMILES string of the molecule is CCCC(C)NC(=O)COc1cc(OC)ccc1[C@@H](C)O. The van der Waals surface area contributed by atoms with Gasteiger partial charge >= 0.3 is 0 Å². The van der Waals surface area contributed by atoms with Gasteiger partial charge in [-0.3, -0.25) is 4.79 Å². The molecule has 0 aliphatic rings. The highest BCUT2D eigenvalue weighted by atomic mass is 16.5. The van der Waals surface area contributed by atoms with Gasteiger partial charge in [-0.25, -0.2) is 0 Å². The van der Waals surface area contributed by atoms with E-state index in [1.165, 1.54) is 0 Å². The zero-order valence-corrected chi connectivity index (χ0v) is 13.2. The van der Waals surface area contributed by atoms with E-state index in [2.05, 4.69) is 12.2 Å². The van der Waals surface area contributed by atoms with E-state index < -0.39 is 6.10 Å². The maximum Gasteiger partial charge on any atom is 0.258 e. The smallest absolute Gasteiger partial charge is 0.258 e. The number of carbonyl (C=O) groups excluding carboxylic acids is 1. The summed E-state index contributed by atoms with van der Waals surface area (Å²) in [6, 6.07) is 5.28. The average Bonchev–Trinajstić information content (AvgIpc) is 2.44. The number of carbonyl (C=O) groups is 1. The number of hydrogen-bond acceptors (Lipinski definition) is 4. The van der Waals surface area contributed by atoms with Crippen molar-refractivity contribution in [1.29, 1.82) is 0 Å². The molecule has 2 N–H and O–H groups in total. The molecule has 0 heterocycles. The molecule has 2 atom stereocenters. The minimum Gasteiger partial charge on any atom is -0.497 e. The van der Waals surface area contributed by atoms with Crippen LogP contribution in [0.5, 0.6) is 11.5 Å². The van der Waals surface area contributed by atoms with E-state index in [1.54, 1.807) is 32.2 Å². The van der Waals surface area contributed by atoms with Gasteiger partial charge in [0.1, 0.15) is 11.5 Å². The summed E-state index contributed by atoms with van der Waals surface area (Å²) in [4.78, 5) is 11.8. The van der Waals surface area contributed by atoms with Crippen molar-refractivity contribution in [1.82, 2.24) is 5.32 Å². The number of amides is 1. The van der Waals surface area contributed by atoms with E-state index in [-0.39, 0.29) is 18.6 Å². The van der Waals surface area contributed by atoms with Gasteiger partial charge in [-0.15, -0.1) is 0 Å². The fourth-order valence-corrected chi connectivity index (χ4v) is 2.08. The summed E-state index contributed by atoms with van der Waals surface area (Å²) in [6.07, 6.45) is 1.28. The Balaban J connectivity index is 2.67. The van der Waals surface area contributed by atoms with Crippen molar-refractivity contribution in [2.45, 2.75) is 45.8 Å². The molecule has 5 heteroatoms. The molecule has 0 aromatic heterocycles. The molecule has 1 aromatic rings. The van der Waals surface area contributed by atoms with Crippen molar-refractivity contribution in [2.75, 3.05) is 13.7 Å². The second kappa shape index (κ2) is 8.52. The lowest BCUT2D eigenvalue weighted by Crippen LogP contribution is -2.36. The summed E-state index contributed by atoms with van der Waals surface area (Å²) in [6.45, 7) is 5.61. The minimum absolute atomic E-state index is 0.0824. The van der Waals surface area contributed by atoms with Crippen LogP contribution in [0.3, 0.4) is 0 Å². The molecule has 0 aliphatic carbocycles. The Bertz CT molecular complexity index is 460. The van der Waals surface area contributed by atoms with Crippen LogP contribution in [0.15, 0.2) is 18.2 Å². The molecule has 0 bridgehead atoms. The summed E-state index contributed by atoms with van der Waals surface area (Å²) in [5.74, 6) is 0.909. The van der Waals surface area contributed by atoms with Gasteiger partial charge in [-0.2, -0.15) is 0 Å². The molecule has 5 nitrogen and oxygen atoms in total. The summed E-state index contributed by atoms with van der Waals surface area (Å²) < 4.78 is 10.7. The summed E-state index contributed by atoms with van der Waals surface area (Å²) >= 11 is 0. The lowest BCUT2D eigenvalue weighted by Gasteiger charge is -2.16. The molecule has 0 fully saturated rings. The molecular formula is C16H25NO4. The number of rotatable bonds is 8. The van der Waals surface area contributed by atoms with Gasteiger partial charge in [0.15, 0.2) is 6.61 Å². The molecule has 0 aliphatic heterocycles. The van der Waals surface area contributed by atoms with Gasteiger partial charge in [0.05, 0.1) is 13.2 Å². The third kappa shape index (κ3) is 5.63. The maximum absolute atomic E-state index is 11.8. The highest BCUT2D eigenvalue weighted by Gasteiger charge is 2.13. The van der Waals surface area contributed by atoms with Gasteiger partial charge in [-0.1, -0.05) is 13.3 Å². The molecule has 21 heavy (non-hydrogen) atoms. The number of ether oxygens (including phenoxy) is 2. The van der Waals surface area contributed by atoms with Gasteiger partial charge in [0, 0.05) is 17.7 Å². The second-order valence-electron chi connectivity index (χ2n) is 5.13. The number of methoxy groups -OCH3 is 1. The van der Waals surface area contributed by atoms with Crippen molar-refractivity contribution in [3.05, 3.63) is 23.8 Å². The van der Waals surface area contributed by atoms with Gasteiger partial charge in [0.2, 0.25) is 0 Å². The quantitative estimate of drug-likeness (QED) is 0.773. The zero-order valence-electron chi connectivity index (χ0n) is 13.2. The molecule has 118 valence electrons. The Labute approximate surface area is 126 Å². The highest BCUT2D eigenvalue weighted by molar-refractivity contribution is 5.77. The minimum atomic E-state index is -0.673. The molecule has 0 spiro atoms. The Hall–Kier alpha value is -1.75. The Morgan fingerprint density at radius 2 is 2.10 bits per heavy atom. The second-order valence-corrected chi connectivity index (χ2v) is 5.13. The third-order valence-corrected chi connectivity index (χ3v) is 3.16. The van der Waals surface area contributed by atoms with Gasteiger partial charge in [0.25, 0.3) is 5.91 Å². The van der Waals surface area contributed by atoms with Crippen LogP contribution in [0, 0.1) is 0 Å². The van der Waals surface area contributed by atoms with E-state index >= 15 is 0 Å². The topological polar surface area (TPSA) is 67.8 Å². The number of aliphatic hydroxyl groups is 1. The lowest BCUT2D eigenvalue weighted by molar-refractivity contribution is -0.123. The first-order valence-corrected chi connectivity index (χ1v) is 7.26. The monoisotopic (exact) mass is 295 g/mol. The summed E-state index contributed by atoms with van der Waals surface area (Å²) in [5, 5.41) is 12.6. The van der Waals surface area contributed by atoms with E-state index in [1.807, 2.05) is 6.92 Å². The maximum atomic E-state index is 11.8. The van der Waals surface area contributed by atoms with Crippen LogP contribution in [-0.4, -0.2) is 30.8 Å². The molecule has 1 rings (SSSR count). The van der Waals surface area contributed by atoms with Gasteiger partial charge < -0.3 is 19.9 Å². The lowest BCUT2D eigenvalue weighted by atomic mass is 10.1.